The monoisotopic (exact) mass is 233 g/mol. The topological polar surface area (TPSA) is 61.4 Å². The molecule has 5 nitrogen and oxygen atoms in total. The number of imidazole rings is 1. The van der Waals surface area contributed by atoms with Crippen molar-refractivity contribution < 1.29 is 9.84 Å². The summed E-state index contributed by atoms with van der Waals surface area (Å²) in [6.07, 6.45) is 1.70. The van der Waals surface area contributed by atoms with Crippen molar-refractivity contribution in [3.8, 4) is 0 Å². The van der Waals surface area contributed by atoms with E-state index in [1.807, 2.05) is 18.2 Å². The molecule has 2 heterocycles. The molecule has 5 heteroatoms. The standard InChI is InChI=1S/C12H15N3O2/c16-6-9-7-17-5-4-15(9)11-3-1-2-10-12(11)14-8-13-10/h1-3,8-9,16H,4-7H2,(H,13,14)/t9-/m1/s1. The number of morpholine rings is 1. The van der Waals surface area contributed by atoms with Crippen molar-refractivity contribution in [3.05, 3.63) is 24.5 Å². The fraction of sp³-hybridized carbons (Fsp3) is 0.417. The third kappa shape index (κ3) is 1.77. The molecule has 1 saturated heterocycles. The van der Waals surface area contributed by atoms with Crippen LogP contribution < -0.4 is 4.90 Å². The number of anilines is 1. The van der Waals surface area contributed by atoms with Gasteiger partial charge in [-0.1, -0.05) is 6.07 Å². The number of ether oxygens (including phenoxy) is 1. The lowest BCUT2D eigenvalue weighted by Gasteiger charge is -2.36. The number of hydrogen-bond donors (Lipinski definition) is 2. The van der Waals surface area contributed by atoms with Crippen molar-refractivity contribution in [1.82, 2.24) is 9.97 Å². The zero-order chi connectivity index (χ0) is 11.7. The number of nitrogens with one attached hydrogen (secondary N) is 1. The first-order valence-corrected chi connectivity index (χ1v) is 5.77. The molecule has 0 saturated carbocycles. The predicted octanol–water partition coefficient (Wildman–Crippen LogP) is 0.760. The Morgan fingerprint density at radius 2 is 2.47 bits per heavy atom. The molecule has 1 aliphatic heterocycles. The summed E-state index contributed by atoms with van der Waals surface area (Å²) in [7, 11) is 0. The predicted molar refractivity (Wildman–Crippen MR) is 65.1 cm³/mol. The van der Waals surface area contributed by atoms with Gasteiger partial charge in [-0.05, 0) is 12.1 Å². The molecule has 1 aliphatic rings. The maximum atomic E-state index is 9.40. The summed E-state index contributed by atoms with van der Waals surface area (Å²) in [4.78, 5) is 9.62. The van der Waals surface area contributed by atoms with Gasteiger partial charge in [0.15, 0.2) is 0 Å². The number of rotatable bonds is 2. The van der Waals surface area contributed by atoms with Gasteiger partial charge in [0.2, 0.25) is 0 Å². The van der Waals surface area contributed by atoms with E-state index in [-0.39, 0.29) is 12.6 Å². The number of hydrogen-bond acceptors (Lipinski definition) is 4. The number of aromatic amines is 1. The molecular formula is C12H15N3O2. The van der Waals surface area contributed by atoms with Crippen LogP contribution in [0.5, 0.6) is 0 Å². The van der Waals surface area contributed by atoms with Crippen LogP contribution in [0.4, 0.5) is 5.69 Å². The number of aliphatic hydroxyl groups is 1. The number of aromatic nitrogens is 2. The van der Waals surface area contributed by atoms with E-state index >= 15 is 0 Å². The second-order valence-corrected chi connectivity index (χ2v) is 4.18. The molecular weight excluding hydrogens is 218 g/mol. The second-order valence-electron chi connectivity index (χ2n) is 4.18. The number of benzene rings is 1. The Balaban J connectivity index is 2.04. The number of para-hydroxylation sites is 1. The first-order valence-electron chi connectivity index (χ1n) is 5.77. The first-order chi connectivity index (χ1) is 8.40. The molecule has 0 unspecified atom stereocenters. The van der Waals surface area contributed by atoms with Crippen LogP contribution in [0.2, 0.25) is 0 Å². The van der Waals surface area contributed by atoms with Gasteiger partial charge in [-0.2, -0.15) is 0 Å². The molecule has 3 rings (SSSR count). The van der Waals surface area contributed by atoms with Crippen LogP contribution in [0, 0.1) is 0 Å². The Morgan fingerprint density at radius 1 is 1.53 bits per heavy atom. The SMILES string of the molecule is OC[C@@H]1COCCN1c1cccc2[nH]cnc12. The van der Waals surface area contributed by atoms with E-state index in [2.05, 4.69) is 14.9 Å². The van der Waals surface area contributed by atoms with Crippen LogP contribution in [-0.2, 0) is 4.74 Å². The van der Waals surface area contributed by atoms with Crippen LogP contribution in [-0.4, -0.2) is 47.5 Å². The summed E-state index contributed by atoms with van der Waals surface area (Å²) in [5.74, 6) is 0. The van der Waals surface area contributed by atoms with Crippen LogP contribution in [0.25, 0.3) is 11.0 Å². The van der Waals surface area contributed by atoms with Crippen LogP contribution >= 0.6 is 0 Å². The molecule has 1 atom stereocenters. The lowest BCUT2D eigenvalue weighted by atomic mass is 10.1. The summed E-state index contributed by atoms with van der Waals surface area (Å²) in [5.41, 5.74) is 3.03. The van der Waals surface area contributed by atoms with Gasteiger partial charge in [-0.3, -0.25) is 0 Å². The Hall–Kier alpha value is -1.59. The van der Waals surface area contributed by atoms with Gasteiger partial charge in [0.1, 0.15) is 5.52 Å². The van der Waals surface area contributed by atoms with E-state index in [1.54, 1.807) is 6.33 Å². The number of fused-ring (bicyclic) bond motifs is 1. The van der Waals surface area contributed by atoms with Crippen LogP contribution in [0.3, 0.4) is 0 Å². The first kappa shape index (κ1) is 10.6. The van der Waals surface area contributed by atoms with Gasteiger partial charge in [0, 0.05) is 6.54 Å². The number of H-pyrrole nitrogens is 1. The largest absolute Gasteiger partial charge is 0.394 e. The maximum Gasteiger partial charge on any atom is 0.112 e. The van der Waals surface area contributed by atoms with Crippen LogP contribution in [0.15, 0.2) is 24.5 Å². The minimum atomic E-state index is 0.0195. The molecule has 17 heavy (non-hydrogen) atoms. The van der Waals surface area contributed by atoms with Crippen molar-refractivity contribution in [3.63, 3.8) is 0 Å². The van der Waals surface area contributed by atoms with Crippen molar-refractivity contribution in [2.24, 2.45) is 0 Å². The van der Waals surface area contributed by atoms with E-state index in [9.17, 15) is 5.11 Å². The summed E-state index contributed by atoms with van der Waals surface area (Å²) in [6, 6.07) is 6.06. The molecule has 90 valence electrons. The fourth-order valence-electron chi connectivity index (χ4n) is 2.30. The third-order valence-electron chi connectivity index (χ3n) is 3.18. The lowest BCUT2D eigenvalue weighted by Crippen LogP contribution is -2.47. The number of aliphatic hydroxyl groups excluding tert-OH is 1. The molecule has 0 radical (unpaired) electrons. The van der Waals surface area contributed by atoms with Gasteiger partial charge in [0.25, 0.3) is 0 Å². The smallest absolute Gasteiger partial charge is 0.112 e. The Labute approximate surface area is 99.0 Å². The van der Waals surface area contributed by atoms with Gasteiger partial charge in [-0.15, -0.1) is 0 Å². The van der Waals surface area contributed by atoms with Gasteiger partial charge in [-0.25, -0.2) is 4.98 Å². The summed E-state index contributed by atoms with van der Waals surface area (Å²) >= 11 is 0. The normalized spacial score (nSPS) is 21.0. The molecule has 0 aliphatic carbocycles. The molecule has 1 aromatic carbocycles. The highest BCUT2D eigenvalue weighted by Crippen LogP contribution is 2.26. The number of nitrogens with zero attached hydrogens (tertiary/aromatic N) is 2. The molecule has 1 fully saturated rings. The molecule has 2 aromatic rings. The summed E-state index contributed by atoms with van der Waals surface area (Å²) < 4.78 is 5.39. The lowest BCUT2D eigenvalue weighted by molar-refractivity contribution is 0.0728. The molecule has 2 N–H and O–H groups in total. The molecule has 0 bridgehead atoms. The highest BCUT2D eigenvalue weighted by atomic mass is 16.5. The van der Waals surface area contributed by atoms with E-state index < -0.39 is 0 Å². The van der Waals surface area contributed by atoms with Crippen molar-refractivity contribution >= 4 is 16.7 Å². The van der Waals surface area contributed by atoms with E-state index in [0.29, 0.717) is 13.2 Å². The quantitative estimate of drug-likeness (QED) is 0.804. The Kier molecular flexibility index (Phi) is 2.70. The summed E-state index contributed by atoms with van der Waals surface area (Å²) in [5, 5.41) is 9.40. The highest BCUT2D eigenvalue weighted by molar-refractivity contribution is 5.88. The Morgan fingerprint density at radius 3 is 3.35 bits per heavy atom. The molecule has 0 amide bonds. The molecule has 0 spiro atoms. The van der Waals surface area contributed by atoms with E-state index in [1.165, 1.54) is 0 Å². The van der Waals surface area contributed by atoms with E-state index in [4.69, 9.17) is 4.74 Å². The van der Waals surface area contributed by atoms with E-state index in [0.717, 1.165) is 23.3 Å². The van der Waals surface area contributed by atoms with Gasteiger partial charge < -0.3 is 19.7 Å². The average molecular weight is 233 g/mol. The van der Waals surface area contributed by atoms with Crippen molar-refractivity contribution in [2.75, 3.05) is 31.3 Å². The second kappa shape index (κ2) is 4.35. The summed E-state index contributed by atoms with van der Waals surface area (Å²) in [6.45, 7) is 2.15. The Bertz CT molecular complexity index is 511. The fourth-order valence-corrected chi connectivity index (χ4v) is 2.30. The molecule has 1 aromatic heterocycles. The maximum absolute atomic E-state index is 9.40. The highest BCUT2D eigenvalue weighted by Gasteiger charge is 2.24. The van der Waals surface area contributed by atoms with Crippen molar-refractivity contribution in [2.45, 2.75) is 6.04 Å². The third-order valence-corrected chi connectivity index (χ3v) is 3.18. The zero-order valence-electron chi connectivity index (χ0n) is 9.47. The minimum absolute atomic E-state index is 0.0195. The van der Waals surface area contributed by atoms with Gasteiger partial charge in [0.05, 0.1) is 43.4 Å². The van der Waals surface area contributed by atoms with Crippen LogP contribution in [0.1, 0.15) is 0 Å². The zero-order valence-corrected chi connectivity index (χ0v) is 9.47. The van der Waals surface area contributed by atoms with Gasteiger partial charge >= 0.3 is 0 Å². The van der Waals surface area contributed by atoms with Crippen molar-refractivity contribution in [1.29, 1.82) is 0 Å². The minimum Gasteiger partial charge on any atom is -0.394 e. The average Bonchev–Trinajstić information content (AvgIpc) is 2.86.